The van der Waals surface area contributed by atoms with Gasteiger partial charge >= 0.3 is 0 Å². The molecule has 0 aliphatic rings. The van der Waals surface area contributed by atoms with Crippen molar-refractivity contribution in [2.75, 3.05) is 6.26 Å². The molecule has 2 rings (SSSR count). The lowest BCUT2D eigenvalue weighted by Gasteiger charge is -2.15. The van der Waals surface area contributed by atoms with Crippen molar-refractivity contribution in [2.45, 2.75) is 11.0 Å². The van der Waals surface area contributed by atoms with E-state index in [0.29, 0.717) is 14.9 Å². The fraction of sp³-hybridized carbons (Fsp3) is 0.143. The van der Waals surface area contributed by atoms with Crippen LogP contribution in [0, 0.1) is 5.82 Å². The molecule has 0 aromatic heterocycles. The fourth-order valence-electron chi connectivity index (χ4n) is 1.76. The summed E-state index contributed by atoms with van der Waals surface area (Å²) in [6.45, 7) is 0. The monoisotopic (exact) mass is 326 g/mol. The van der Waals surface area contributed by atoms with Gasteiger partial charge in [0.15, 0.2) is 0 Å². The predicted octanol–water partition coefficient (Wildman–Crippen LogP) is 4.39. The first kappa shape index (κ1) is 13.6. The Balaban J connectivity index is 2.51. The summed E-state index contributed by atoms with van der Waals surface area (Å²) in [5, 5.41) is 10.3. The summed E-state index contributed by atoms with van der Waals surface area (Å²) in [5.41, 5.74) is 0.961. The van der Waals surface area contributed by atoms with Gasteiger partial charge in [-0.05, 0) is 24.0 Å². The van der Waals surface area contributed by atoms with Crippen LogP contribution in [0.2, 0.25) is 0 Å². The largest absolute Gasteiger partial charge is 0.384 e. The Morgan fingerprint density at radius 3 is 2.44 bits per heavy atom. The summed E-state index contributed by atoms with van der Waals surface area (Å²) in [4.78, 5) is 0.531. The highest BCUT2D eigenvalue weighted by molar-refractivity contribution is 9.10. The third-order valence-corrected chi connectivity index (χ3v) is 4.15. The molecule has 0 bridgehead atoms. The smallest absolute Gasteiger partial charge is 0.144 e. The lowest BCUT2D eigenvalue weighted by molar-refractivity contribution is 0.213. The van der Waals surface area contributed by atoms with Crippen molar-refractivity contribution in [2.24, 2.45) is 0 Å². The molecule has 4 heteroatoms. The number of hydrogen-bond acceptors (Lipinski definition) is 2. The number of aliphatic hydroxyl groups is 1. The quantitative estimate of drug-likeness (QED) is 0.844. The molecule has 0 spiro atoms. The Hall–Kier alpha value is -0.840. The number of hydrogen-bond donors (Lipinski definition) is 1. The van der Waals surface area contributed by atoms with Crippen molar-refractivity contribution in [3.8, 4) is 0 Å². The Morgan fingerprint density at radius 1 is 1.17 bits per heavy atom. The molecule has 1 nitrogen and oxygen atoms in total. The average molecular weight is 327 g/mol. The van der Waals surface area contributed by atoms with E-state index in [0.717, 1.165) is 0 Å². The standard InChI is InChI=1S/C14H12BrFOS/c1-18-11-8-7-10(15)12(13(11)16)14(17)9-5-3-2-4-6-9/h2-8,14,17H,1H3. The molecule has 0 amide bonds. The highest BCUT2D eigenvalue weighted by Crippen LogP contribution is 2.34. The van der Waals surface area contributed by atoms with Gasteiger partial charge in [-0.15, -0.1) is 11.8 Å². The van der Waals surface area contributed by atoms with Crippen LogP contribution in [0.25, 0.3) is 0 Å². The molecular formula is C14H12BrFOS. The number of benzene rings is 2. The lowest BCUT2D eigenvalue weighted by Crippen LogP contribution is -2.04. The lowest BCUT2D eigenvalue weighted by atomic mass is 10.0. The number of halogens is 2. The molecule has 0 saturated carbocycles. The van der Waals surface area contributed by atoms with Crippen molar-refractivity contribution in [1.29, 1.82) is 0 Å². The zero-order chi connectivity index (χ0) is 13.1. The molecule has 2 aromatic rings. The molecule has 1 N–H and O–H groups in total. The maximum absolute atomic E-state index is 14.3. The number of rotatable bonds is 3. The third kappa shape index (κ3) is 2.60. The molecule has 0 saturated heterocycles. The Kier molecular flexibility index (Phi) is 4.43. The van der Waals surface area contributed by atoms with Gasteiger partial charge in [-0.2, -0.15) is 0 Å². The van der Waals surface area contributed by atoms with E-state index >= 15 is 0 Å². The first-order chi connectivity index (χ1) is 8.65. The highest BCUT2D eigenvalue weighted by atomic mass is 79.9. The number of thioether (sulfide) groups is 1. The predicted molar refractivity (Wildman–Crippen MR) is 76.4 cm³/mol. The van der Waals surface area contributed by atoms with E-state index < -0.39 is 6.10 Å². The first-order valence-corrected chi connectivity index (χ1v) is 7.41. The Morgan fingerprint density at radius 2 is 1.83 bits per heavy atom. The molecule has 0 aliphatic carbocycles. The van der Waals surface area contributed by atoms with E-state index in [1.54, 1.807) is 24.3 Å². The fourth-order valence-corrected chi connectivity index (χ4v) is 2.78. The van der Waals surface area contributed by atoms with Crippen molar-refractivity contribution < 1.29 is 9.50 Å². The molecule has 0 aliphatic heterocycles. The molecule has 0 fully saturated rings. The zero-order valence-electron chi connectivity index (χ0n) is 9.73. The average Bonchev–Trinajstić information content (AvgIpc) is 2.40. The molecule has 0 heterocycles. The Labute approximate surface area is 118 Å². The molecule has 94 valence electrons. The van der Waals surface area contributed by atoms with Gasteiger partial charge in [-0.1, -0.05) is 46.3 Å². The van der Waals surface area contributed by atoms with E-state index in [2.05, 4.69) is 15.9 Å². The summed E-state index contributed by atoms with van der Waals surface area (Å²) in [5.74, 6) is -0.367. The van der Waals surface area contributed by atoms with Gasteiger partial charge in [0.25, 0.3) is 0 Å². The SMILES string of the molecule is CSc1ccc(Br)c(C(O)c2ccccc2)c1F. The first-order valence-electron chi connectivity index (χ1n) is 5.40. The van der Waals surface area contributed by atoms with Gasteiger partial charge in [0.05, 0.1) is 0 Å². The summed E-state index contributed by atoms with van der Waals surface area (Å²) in [7, 11) is 0. The summed E-state index contributed by atoms with van der Waals surface area (Å²) in [6, 6.07) is 12.5. The molecular weight excluding hydrogens is 315 g/mol. The minimum Gasteiger partial charge on any atom is -0.384 e. The van der Waals surface area contributed by atoms with Crippen LogP contribution in [-0.2, 0) is 0 Å². The molecule has 18 heavy (non-hydrogen) atoms. The van der Waals surface area contributed by atoms with Gasteiger partial charge in [0, 0.05) is 14.9 Å². The van der Waals surface area contributed by atoms with Gasteiger partial charge in [0.1, 0.15) is 11.9 Å². The van der Waals surface area contributed by atoms with E-state index in [4.69, 9.17) is 0 Å². The maximum Gasteiger partial charge on any atom is 0.144 e. The molecule has 2 aromatic carbocycles. The minimum absolute atomic E-state index is 0.285. The maximum atomic E-state index is 14.3. The van der Waals surface area contributed by atoms with Crippen LogP contribution >= 0.6 is 27.7 Å². The summed E-state index contributed by atoms with van der Waals surface area (Å²) < 4.78 is 14.8. The molecule has 0 radical (unpaired) electrons. The van der Waals surface area contributed by atoms with Gasteiger partial charge in [-0.25, -0.2) is 4.39 Å². The van der Waals surface area contributed by atoms with Crippen molar-refractivity contribution >= 4 is 27.7 Å². The van der Waals surface area contributed by atoms with Gasteiger partial charge in [0.2, 0.25) is 0 Å². The minimum atomic E-state index is -0.965. The van der Waals surface area contributed by atoms with Crippen LogP contribution in [0.5, 0.6) is 0 Å². The van der Waals surface area contributed by atoms with Crippen molar-refractivity contribution in [1.82, 2.24) is 0 Å². The van der Waals surface area contributed by atoms with Crippen LogP contribution in [-0.4, -0.2) is 11.4 Å². The van der Waals surface area contributed by atoms with E-state index in [1.165, 1.54) is 11.8 Å². The highest BCUT2D eigenvalue weighted by Gasteiger charge is 2.20. The molecule has 1 atom stereocenters. The Bertz CT molecular complexity index is 545. The van der Waals surface area contributed by atoms with E-state index in [1.807, 2.05) is 24.5 Å². The van der Waals surface area contributed by atoms with Crippen LogP contribution in [0.1, 0.15) is 17.2 Å². The second-order valence-corrected chi connectivity index (χ2v) is 5.49. The summed E-state index contributed by atoms with van der Waals surface area (Å²) >= 11 is 4.62. The third-order valence-electron chi connectivity index (χ3n) is 2.70. The van der Waals surface area contributed by atoms with E-state index in [9.17, 15) is 9.50 Å². The topological polar surface area (TPSA) is 20.2 Å². The molecule has 1 unspecified atom stereocenters. The second kappa shape index (κ2) is 5.87. The van der Waals surface area contributed by atoms with Crippen molar-refractivity contribution in [3.05, 3.63) is 63.9 Å². The van der Waals surface area contributed by atoms with Crippen LogP contribution in [0.3, 0.4) is 0 Å². The summed E-state index contributed by atoms with van der Waals surface area (Å²) in [6.07, 6.45) is 0.845. The van der Waals surface area contributed by atoms with Gasteiger partial charge in [-0.3, -0.25) is 0 Å². The zero-order valence-corrected chi connectivity index (χ0v) is 12.1. The normalized spacial score (nSPS) is 12.4. The second-order valence-electron chi connectivity index (χ2n) is 3.79. The number of aliphatic hydroxyl groups excluding tert-OH is 1. The van der Waals surface area contributed by atoms with Crippen LogP contribution in [0.15, 0.2) is 51.8 Å². The van der Waals surface area contributed by atoms with Crippen LogP contribution in [0.4, 0.5) is 4.39 Å². The van der Waals surface area contributed by atoms with Gasteiger partial charge < -0.3 is 5.11 Å². The van der Waals surface area contributed by atoms with Crippen LogP contribution < -0.4 is 0 Å². The van der Waals surface area contributed by atoms with E-state index in [-0.39, 0.29) is 11.4 Å². The van der Waals surface area contributed by atoms with Crippen molar-refractivity contribution in [3.63, 3.8) is 0 Å².